The van der Waals surface area contributed by atoms with Gasteiger partial charge in [-0.25, -0.2) is 0 Å². The molecule has 3 saturated carbocycles. The van der Waals surface area contributed by atoms with Gasteiger partial charge in [0, 0.05) is 5.92 Å². The Morgan fingerprint density at radius 2 is 1.89 bits per heavy atom. The third kappa shape index (κ3) is 1.36. The molecule has 0 aromatic carbocycles. The van der Waals surface area contributed by atoms with Crippen molar-refractivity contribution in [2.24, 2.45) is 23.7 Å². The highest BCUT2D eigenvalue weighted by molar-refractivity contribution is 6.03. The molecule has 4 fully saturated rings. The Kier molecular flexibility index (Phi) is 2.33. The van der Waals surface area contributed by atoms with Crippen LogP contribution in [0.25, 0.3) is 0 Å². The summed E-state index contributed by atoms with van der Waals surface area (Å²) in [5, 5.41) is 0. The van der Waals surface area contributed by atoms with Gasteiger partial charge in [0.2, 0.25) is 11.8 Å². The van der Waals surface area contributed by atoms with Crippen molar-refractivity contribution < 1.29 is 9.59 Å². The molecule has 0 aromatic heterocycles. The second-order valence-electron chi connectivity index (χ2n) is 6.79. The summed E-state index contributed by atoms with van der Waals surface area (Å²) in [6.45, 7) is 0. The van der Waals surface area contributed by atoms with E-state index < -0.39 is 0 Å². The predicted octanol–water partition coefficient (Wildman–Crippen LogP) is 2.35. The van der Waals surface area contributed by atoms with Crippen LogP contribution in [-0.2, 0) is 9.59 Å². The maximum Gasteiger partial charge on any atom is 0.234 e. The molecule has 5 atom stereocenters. The van der Waals surface area contributed by atoms with Crippen molar-refractivity contribution in [3.63, 3.8) is 0 Å². The van der Waals surface area contributed by atoms with Gasteiger partial charge in [-0.05, 0) is 43.9 Å². The lowest BCUT2D eigenvalue weighted by atomic mass is 9.74. The molecule has 0 radical (unpaired) electrons. The third-order valence-corrected chi connectivity index (χ3v) is 5.91. The number of carbonyl (C=O) groups excluding carboxylic acids is 2. The largest absolute Gasteiger partial charge is 0.278 e. The molecule has 4 rings (SSSR count). The van der Waals surface area contributed by atoms with Crippen LogP contribution in [-0.4, -0.2) is 22.8 Å². The highest BCUT2D eigenvalue weighted by Crippen LogP contribution is 2.50. The van der Waals surface area contributed by atoms with Crippen LogP contribution in [0.4, 0.5) is 0 Å². The summed E-state index contributed by atoms with van der Waals surface area (Å²) in [6.07, 6.45) is 9.27. The van der Waals surface area contributed by atoms with Crippen LogP contribution in [0.15, 0.2) is 0 Å². The number of hydrogen-bond donors (Lipinski definition) is 0. The molecule has 1 heterocycles. The van der Waals surface area contributed by atoms with Gasteiger partial charge in [0.25, 0.3) is 0 Å². The highest BCUT2D eigenvalue weighted by Gasteiger charge is 2.54. The van der Waals surface area contributed by atoms with Crippen LogP contribution in [0.1, 0.15) is 51.4 Å². The maximum absolute atomic E-state index is 12.6. The lowest BCUT2D eigenvalue weighted by Crippen LogP contribution is -2.65. The van der Waals surface area contributed by atoms with Gasteiger partial charge in [0.15, 0.2) is 0 Å². The van der Waals surface area contributed by atoms with E-state index in [-0.39, 0.29) is 29.7 Å². The Hall–Kier alpha value is -0.860. The van der Waals surface area contributed by atoms with Gasteiger partial charge in [-0.2, -0.15) is 0 Å². The van der Waals surface area contributed by atoms with Crippen LogP contribution >= 0.6 is 0 Å². The number of amides is 2. The van der Waals surface area contributed by atoms with E-state index in [0.29, 0.717) is 5.92 Å². The summed E-state index contributed by atoms with van der Waals surface area (Å²) in [6, 6.07) is 0.276. The lowest BCUT2D eigenvalue weighted by molar-refractivity contribution is -0.172. The molecule has 2 amide bonds. The van der Waals surface area contributed by atoms with Crippen LogP contribution in [0, 0.1) is 23.7 Å². The van der Waals surface area contributed by atoms with E-state index in [4.69, 9.17) is 0 Å². The first-order chi connectivity index (χ1) is 8.75. The molecule has 0 spiro atoms. The van der Waals surface area contributed by atoms with Crippen LogP contribution < -0.4 is 0 Å². The molecule has 0 N–H and O–H groups in total. The molecule has 0 aromatic rings. The fourth-order valence-electron chi connectivity index (χ4n) is 4.97. The summed E-state index contributed by atoms with van der Waals surface area (Å²) in [7, 11) is 0. The van der Waals surface area contributed by atoms with Crippen molar-refractivity contribution in [1.82, 2.24) is 4.90 Å². The average Bonchev–Trinajstić information content (AvgIpc) is 3.00. The zero-order valence-corrected chi connectivity index (χ0v) is 10.8. The van der Waals surface area contributed by atoms with Crippen LogP contribution in [0.5, 0.6) is 0 Å². The van der Waals surface area contributed by atoms with E-state index >= 15 is 0 Å². The van der Waals surface area contributed by atoms with Gasteiger partial charge in [0.05, 0.1) is 12.0 Å². The molecule has 4 aliphatic rings. The van der Waals surface area contributed by atoms with E-state index in [1.54, 1.807) is 4.90 Å². The normalized spacial score (nSPS) is 45.9. The Morgan fingerprint density at radius 1 is 1.06 bits per heavy atom. The predicted molar refractivity (Wildman–Crippen MR) is 66.5 cm³/mol. The Balaban J connectivity index is 1.50. The molecule has 5 unspecified atom stereocenters. The molecule has 3 aliphatic carbocycles. The van der Waals surface area contributed by atoms with Gasteiger partial charge in [-0.15, -0.1) is 0 Å². The number of imide groups is 1. The first kappa shape index (κ1) is 11.0. The maximum atomic E-state index is 12.6. The smallest absolute Gasteiger partial charge is 0.234 e. The zero-order chi connectivity index (χ0) is 12.3. The van der Waals surface area contributed by atoms with E-state index in [0.717, 1.165) is 25.2 Å². The number of carbonyl (C=O) groups is 2. The number of likely N-dealkylation sites (tertiary alicyclic amines) is 1. The molecule has 3 heteroatoms. The van der Waals surface area contributed by atoms with Crippen LogP contribution in [0.3, 0.4) is 0 Å². The zero-order valence-electron chi connectivity index (χ0n) is 10.8. The van der Waals surface area contributed by atoms with Gasteiger partial charge in [-0.1, -0.05) is 19.3 Å². The van der Waals surface area contributed by atoms with Crippen molar-refractivity contribution in [3.8, 4) is 0 Å². The fraction of sp³-hybridized carbons (Fsp3) is 0.867. The molecule has 18 heavy (non-hydrogen) atoms. The lowest BCUT2D eigenvalue weighted by Gasteiger charge is -2.49. The van der Waals surface area contributed by atoms with Gasteiger partial charge in [-0.3, -0.25) is 14.5 Å². The second kappa shape index (κ2) is 3.82. The van der Waals surface area contributed by atoms with Crippen LogP contribution in [0.2, 0.25) is 0 Å². The summed E-state index contributed by atoms with van der Waals surface area (Å²) in [4.78, 5) is 26.4. The first-order valence-electron chi connectivity index (χ1n) is 7.62. The van der Waals surface area contributed by atoms with E-state index in [9.17, 15) is 9.59 Å². The molecular weight excluding hydrogens is 226 g/mol. The molecule has 98 valence electrons. The molecule has 2 bridgehead atoms. The van der Waals surface area contributed by atoms with Gasteiger partial charge in [0.1, 0.15) is 0 Å². The molecular formula is C15H21NO2. The number of rotatable bonds is 1. The minimum Gasteiger partial charge on any atom is -0.278 e. The summed E-state index contributed by atoms with van der Waals surface area (Å²) in [5.41, 5.74) is 0. The second-order valence-corrected chi connectivity index (χ2v) is 6.79. The highest BCUT2D eigenvalue weighted by atomic mass is 16.2. The number of hydrogen-bond acceptors (Lipinski definition) is 2. The fourth-order valence-corrected chi connectivity index (χ4v) is 4.97. The Bertz CT molecular complexity index is 405. The van der Waals surface area contributed by atoms with E-state index in [1.807, 2.05) is 0 Å². The topological polar surface area (TPSA) is 37.4 Å². The number of nitrogens with zero attached hydrogens (tertiary/aromatic N) is 1. The number of fused-ring (bicyclic) bond motifs is 3. The minimum absolute atomic E-state index is 0.146. The van der Waals surface area contributed by atoms with Crippen molar-refractivity contribution in [2.75, 3.05) is 0 Å². The molecule has 3 nitrogen and oxygen atoms in total. The van der Waals surface area contributed by atoms with Crippen molar-refractivity contribution in [2.45, 2.75) is 57.4 Å². The van der Waals surface area contributed by atoms with Crippen molar-refractivity contribution >= 4 is 11.8 Å². The quantitative estimate of drug-likeness (QED) is 0.527. The average molecular weight is 247 g/mol. The number of β-lactam (4-membered cyclic amide) rings is 1. The summed E-state index contributed by atoms with van der Waals surface area (Å²) in [5.74, 6) is 2.10. The molecule has 1 saturated heterocycles. The standard InChI is InChI=1S/C15H21NO2/c17-14-11-3-1-2-4-13(11)16(14)15(18)12-8-9-5-6-10(12)7-9/h9-13H,1-8H2. The van der Waals surface area contributed by atoms with Crippen molar-refractivity contribution in [3.05, 3.63) is 0 Å². The Labute approximate surface area is 108 Å². The molecule has 1 aliphatic heterocycles. The summed E-state index contributed by atoms with van der Waals surface area (Å²) < 4.78 is 0. The van der Waals surface area contributed by atoms with Gasteiger partial charge >= 0.3 is 0 Å². The Morgan fingerprint density at radius 3 is 2.61 bits per heavy atom. The van der Waals surface area contributed by atoms with Crippen molar-refractivity contribution in [1.29, 1.82) is 0 Å². The SMILES string of the molecule is O=C(C1CC2CCC1C2)N1C(=O)C2CCCCC21. The minimum atomic E-state index is 0.146. The summed E-state index contributed by atoms with van der Waals surface area (Å²) >= 11 is 0. The van der Waals surface area contributed by atoms with E-state index in [1.165, 1.54) is 32.1 Å². The monoisotopic (exact) mass is 247 g/mol. The first-order valence-corrected chi connectivity index (χ1v) is 7.62. The van der Waals surface area contributed by atoms with E-state index in [2.05, 4.69) is 0 Å². The van der Waals surface area contributed by atoms with Gasteiger partial charge < -0.3 is 0 Å². The third-order valence-electron chi connectivity index (χ3n) is 5.91.